The summed E-state index contributed by atoms with van der Waals surface area (Å²) in [5.74, 6) is -0.0937. The van der Waals surface area contributed by atoms with E-state index in [1.54, 1.807) is 6.20 Å². The van der Waals surface area contributed by atoms with Crippen LogP contribution in [0.25, 0.3) is 22.3 Å². The lowest BCUT2D eigenvalue weighted by Crippen LogP contribution is -2.23. The first-order valence-corrected chi connectivity index (χ1v) is 10.5. The Hall–Kier alpha value is -3.13. The second-order valence-electron chi connectivity index (χ2n) is 7.27. The number of nitrogens with one attached hydrogen (secondary N) is 2. The van der Waals surface area contributed by atoms with Crippen molar-refractivity contribution in [1.82, 2.24) is 30.5 Å². The molecule has 2 N–H and O–H groups in total. The monoisotopic (exact) mass is 404 g/mol. The zero-order valence-electron chi connectivity index (χ0n) is 16.0. The van der Waals surface area contributed by atoms with Crippen LogP contribution in [-0.4, -0.2) is 31.1 Å². The van der Waals surface area contributed by atoms with Crippen LogP contribution in [0.1, 0.15) is 44.3 Å². The number of rotatable bonds is 4. The fraction of sp³-hybridized carbons (Fsp3) is 0.286. The van der Waals surface area contributed by atoms with Crippen molar-refractivity contribution in [3.8, 4) is 11.3 Å². The van der Waals surface area contributed by atoms with Crippen molar-refractivity contribution in [3.63, 3.8) is 0 Å². The quantitative estimate of drug-likeness (QED) is 0.542. The summed E-state index contributed by atoms with van der Waals surface area (Å²) >= 11 is 1.54. The summed E-state index contributed by atoms with van der Waals surface area (Å²) in [6, 6.07) is 6.13. The largest absolute Gasteiger partial charge is 0.346 e. The van der Waals surface area contributed by atoms with Gasteiger partial charge in [0.15, 0.2) is 10.7 Å². The molecule has 0 aliphatic heterocycles. The van der Waals surface area contributed by atoms with Gasteiger partial charge in [-0.2, -0.15) is 5.10 Å². The van der Waals surface area contributed by atoms with Gasteiger partial charge in [-0.1, -0.05) is 12.1 Å². The van der Waals surface area contributed by atoms with Crippen LogP contribution in [0.15, 0.2) is 30.7 Å². The Balaban J connectivity index is 1.33. The van der Waals surface area contributed by atoms with Crippen LogP contribution in [-0.2, 0) is 19.4 Å². The Bertz CT molecular complexity index is 1190. The van der Waals surface area contributed by atoms with Gasteiger partial charge in [0, 0.05) is 17.0 Å². The van der Waals surface area contributed by atoms with E-state index in [0.29, 0.717) is 11.6 Å². The first-order valence-electron chi connectivity index (χ1n) is 9.70. The Labute approximate surface area is 171 Å². The van der Waals surface area contributed by atoms with Gasteiger partial charge in [-0.05, 0) is 49.8 Å². The number of hydrogen-bond acceptors (Lipinski definition) is 6. The lowest BCUT2D eigenvalue weighted by atomic mass is 10.0. The van der Waals surface area contributed by atoms with Crippen LogP contribution in [0.2, 0.25) is 0 Å². The van der Waals surface area contributed by atoms with E-state index >= 15 is 0 Å². The first-order chi connectivity index (χ1) is 14.2. The van der Waals surface area contributed by atoms with Gasteiger partial charge in [-0.15, -0.1) is 11.3 Å². The molecule has 0 saturated carbocycles. The number of aryl methyl sites for hydroxylation is 3. The summed E-state index contributed by atoms with van der Waals surface area (Å²) in [5.41, 5.74) is 5.84. The zero-order chi connectivity index (χ0) is 19.8. The zero-order valence-corrected chi connectivity index (χ0v) is 16.8. The van der Waals surface area contributed by atoms with Gasteiger partial charge < -0.3 is 5.32 Å². The SMILES string of the molecule is Cc1cc(-c2ncnc3[nH]ncc23)ccc1CNC(=O)c1nc2c(s1)CCCC2. The number of nitrogens with zero attached hydrogens (tertiary/aromatic N) is 4. The predicted octanol–water partition coefficient (Wildman–Crippen LogP) is 3.59. The lowest BCUT2D eigenvalue weighted by molar-refractivity contribution is 0.0950. The highest BCUT2D eigenvalue weighted by Gasteiger charge is 2.19. The van der Waals surface area contributed by atoms with Crippen LogP contribution < -0.4 is 5.32 Å². The number of benzene rings is 1. The van der Waals surface area contributed by atoms with E-state index in [9.17, 15) is 4.79 Å². The van der Waals surface area contributed by atoms with Crippen molar-refractivity contribution in [2.75, 3.05) is 0 Å². The van der Waals surface area contributed by atoms with E-state index in [-0.39, 0.29) is 5.91 Å². The van der Waals surface area contributed by atoms with Crippen molar-refractivity contribution < 1.29 is 4.79 Å². The standard InChI is InChI=1S/C21H20N6OS/c1-12-8-13(18-15-10-25-27-19(15)24-11-23-18)6-7-14(12)9-22-20(28)21-26-16-4-2-3-5-17(16)29-21/h6-8,10-11H,2-5,9H2,1H3,(H,22,28)(H,23,24,25,27). The van der Waals surface area contributed by atoms with Crippen LogP contribution >= 0.6 is 11.3 Å². The van der Waals surface area contributed by atoms with Crippen molar-refractivity contribution in [2.45, 2.75) is 39.2 Å². The summed E-state index contributed by atoms with van der Waals surface area (Å²) < 4.78 is 0. The predicted molar refractivity (Wildman–Crippen MR) is 112 cm³/mol. The third-order valence-electron chi connectivity index (χ3n) is 5.34. The number of aromatic amines is 1. The number of amides is 1. The Morgan fingerprint density at radius 3 is 3.00 bits per heavy atom. The molecular formula is C21H20N6OS. The van der Waals surface area contributed by atoms with Gasteiger partial charge >= 0.3 is 0 Å². The summed E-state index contributed by atoms with van der Waals surface area (Å²) in [4.78, 5) is 27.0. The molecule has 1 aliphatic carbocycles. The number of thiazole rings is 1. The van der Waals surface area contributed by atoms with E-state index < -0.39 is 0 Å². The molecule has 0 saturated heterocycles. The molecule has 3 heterocycles. The number of hydrogen-bond donors (Lipinski definition) is 2. The third kappa shape index (κ3) is 3.40. The van der Waals surface area contributed by atoms with E-state index in [4.69, 9.17) is 0 Å². The van der Waals surface area contributed by atoms with Crippen molar-refractivity contribution in [1.29, 1.82) is 0 Å². The highest BCUT2D eigenvalue weighted by atomic mass is 32.1. The number of H-pyrrole nitrogens is 1. The molecule has 0 atom stereocenters. The maximum absolute atomic E-state index is 12.6. The Kier molecular flexibility index (Phi) is 4.55. The molecule has 0 bridgehead atoms. The summed E-state index contributed by atoms with van der Waals surface area (Å²) in [5, 5.41) is 11.4. The maximum atomic E-state index is 12.6. The molecule has 0 spiro atoms. The second-order valence-corrected chi connectivity index (χ2v) is 8.36. The normalized spacial score (nSPS) is 13.4. The molecule has 7 nitrogen and oxygen atoms in total. The number of carbonyl (C=O) groups excluding carboxylic acids is 1. The van der Waals surface area contributed by atoms with Gasteiger partial charge in [-0.25, -0.2) is 15.0 Å². The second kappa shape index (κ2) is 7.36. The highest BCUT2D eigenvalue weighted by Crippen LogP contribution is 2.27. The molecule has 5 rings (SSSR count). The number of aromatic nitrogens is 5. The molecule has 0 unspecified atom stereocenters. The Morgan fingerprint density at radius 1 is 1.24 bits per heavy atom. The van der Waals surface area contributed by atoms with Gasteiger partial charge in [0.1, 0.15) is 6.33 Å². The molecular weight excluding hydrogens is 384 g/mol. The molecule has 4 aromatic rings. The molecule has 8 heteroatoms. The van der Waals surface area contributed by atoms with E-state index in [1.165, 1.54) is 35.4 Å². The summed E-state index contributed by atoms with van der Waals surface area (Å²) in [6.45, 7) is 2.51. The van der Waals surface area contributed by atoms with Crippen molar-refractivity contribution in [2.24, 2.45) is 0 Å². The third-order valence-corrected chi connectivity index (χ3v) is 6.50. The van der Waals surface area contributed by atoms with E-state index in [0.717, 1.165) is 52.0 Å². The van der Waals surface area contributed by atoms with Gasteiger partial charge in [0.25, 0.3) is 5.91 Å². The molecule has 3 aromatic heterocycles. The van der Waals surface area contributed by atoms with E-state index in [1.807, 2.05) is 19.1 Å². The van der Waals surface area contributed by atoms with E-state index in [2.05, 4.69) is 36.5 Å². The van der Waals surface area contributed by atoms with Gasteiger partial charge in [0.05, 0.1) is 23.0 Å². The molecule has 29 heavy (non-hydrogen) atoms. The topological polar surface area (TPSA) is 96.5 Å². The van der Waals surface area contributed by atoms with Crippen molar-refractivity contribution >= 4 is 28.3 Å². The molecule has 0 fully saturated rings. The fourth-order valence-corrected chi connectivity index (χ4v) is 4.80. The molecule has 0 radical (unpaired) electrons. The lowest BCUT2D eigenvalue weighted by Gasteiger charge is -2.09. The first kappa shape index (κ1) is 17.9. The smallest absolute Gasteiger partial charge is 0.280 e. The average molecular weight is 404 g/mol. The summed E-state index contributed by atoms with van der Waals surface area (Å²) in [7, 11) is 0. The van der Waals surface area contributed by atoms with Crippen LogP contribution in [0, 0.1) is 6.92 Å². The maximum Gasteiger partial charge on any atom is 0.280 e. The summed E-state index contributed by atoms with van der Waals surface area (Å²) in [6.07, 6.45) is 7.68. The van der Waals surface area contributed by atoms with Crippen LogP contribution in [0.5, 0.6) is 0 Å². The minimum atomic E-state index is -0.0937. The Morgan fingerprint density at radius 2 is 2.14 bits per heavy atom. The van der Waals surface area contributed by atoms with Gasteiger partial charge in [-0.3, -0.25) is 9.89 Å². The number of carbonyl (C=O) groups is 1. The molecule has 1 aromatic carbocycles. The minimum Gasteiger partial charge on any atom is -0.346 e. The van der Waals surface area contributed by atoms with Crippen LogP contribution in [0.4, 0.5) is 0 Å². The van der Waals surface area contributed by atoms with Gasteiger partial charge in [0.2, 0.25) is 0 Å². The molecule has 146 valence electrons. The molecule has 1 aliphatic rings. The average Bonchev–Trinajstić information content (AvgIpc) is 3.39. The highest BCUT2D eigenvalue weighted by molar-refractivity contribution is 7.13. The fourth-order valence-electron chi connectivity index (χ4n) is 3.74. The minimum absolute atomic E-state index is 0.0937. The van der Waals surface area contributed by atoms with Crippen LogP contribution in [0.3, 0.4) is 0 Å². The van der Waals surface area contributed by atoms with Crippen molar-refractivity contribution in [3.05, 3.63) is 57.4 Å². The number of fused-ring (bicyclic) bond motifs is 2. The molecule has 1 amide bonds.